The molecule has 3 N–H and O–H groups in total. The molecule has 1 heterocycles. The van der Waals surface area contributed by atoms with Crippen molar-refractivity contribution in [1.82, 2.24) is 20.9 Å². The van der Waals surface area contributed by atoms with E-state index in [2.05, 4.69) is 58.0 Å². The van der Waals surface area contributed by atoms with Crippen LogP contribution in [-0.4, -0.2) is 43.1 Å². The number of aryl methyl sites for hydroxylation is 1. The van der Waals surface area contributed by atoms with Gasteiger partial charge >= 0.3 is 0 Å². The molecule has 2 aromatic rings. The Morgan fingerprint density at radius 1 is 1.14 bits per heavy atom. The van der Waals surface area contributed by atoms with Gasteiger partial charge in [0.25, 0.3) is 5.91 Å². The van der Waals surface area contributed by atoms with Crippen LogP contribution < -0.4 is 20.7 Å². The molecule has 0 fully saturated rings. The summed E-state index contributed by atoms with van der Waals surface area (Å²) in [5.74, 6) is 1.44. The van der Waals surface area contributed by atoms with Crippen LogP contribution in [0.3, 0.4) is 0 Å². The fourth-order valence-electron chi connectivity index (χ4n) is 2.60. The normalized spacial score (nSPS) is 11.1. The second kappa shape index (κ2) is 12.4. The van der Waals surface area contributed by atoms with E-state index in [1.165, 1.54) is 5.56 Å². The van der Waals surface area contributed by atoms with Gasteiger partial charge in [0, 0.05) is 37.6 Å². The summed E-state index contributed by atoms with van der Waals surface area (Å²) in [6.07, 6.45) is 4.16. The molecule has 156 valence electrons. The van der Waals surface area contributed by atoms with Gasteiger partial charge < -0.3 is 20.7 Å². The van der Waals surface area contributed by atoms with Gasteiger partial charge in [0.1, 0.15) is 5.75 Å². The topological polar surface area (TPSA) is 87.6 Å². The summed E-state index contributed by atoms with van der Waals surface area (Å²) in [4.78, 5) is 20.6. The minimum Gasteiger partial charge on any atom is -0.493 e. The average molecular weight is 398 g/mol. The highest BCUT2D eigenvalue weighted by atomic mass is 16.5. The van der Waals surface area contributed by atoms with E-state index in [-0.39, 0.29) is 5.91 Å². The largest absolute Gasteiger partial charge is 0.493 e. The smallest absolute Gasteiger partial charge is 0.252 e. The fourth-order valence-corrected chi connectivity index (χ4v) is 2.60. The molecule has 1 amide bonds. The molecule has 0 radical (unpaired) electrons. The first-order valence-electron chi connectivity index (χ1n) is 10.1. The van der Waals surface area contributed by atoms with Crippen molar-refractivity contribution in [3.05, 3.63) is 59.4 Å². The summed E-state index contributed by atoms with van der Waals surface area (Å²) in [5, 5.41) is 9.33. The first kappa shape index (κ1) is 22.2. The predicted octanol–water partition coefficient (Wildman–Crippen LogP) is 2.66. The van der Waals surface area contributed by atoms with Gasteiger partial charge in [0.15, 0.2) is 5.96 Å². The Bertz CT molecular complexity index is 793. The number of hydrogen-bond acceptors (Lipinski definition) is 4. The van der Waals surface area contributed by atoms with E-state index in [1.807, 2.05) is 6.92 Å². The molecular weight excluding hydrogens is 366 g/mol. The lowest BCUT2D eigenvalue weighted by Crippen LogP contribution is -2.41. The van der Waals surface area contributed by atoms with Gasteiger partial charge in [-0.2, -0.15) is 0 Å². The maximum atomic E-state index is 12.0. The number of nitrogens with one attached hydrogen (secondary N) is 3. The zero-order chi connectivity index (χ0) is 20.9. The molecule has 0 saturated carbocycles. The number of carbonyl (C=O) groups excluding carboxylic acids is 1. The first-order chi connectivity index (χ1) is 14.1. The fraction of sp³-hybridized carbons (Fsp3) is 0.409. The quantitative estimate of drug-likeness (QED) is 0.326. The third-order valence-corrected chi connectivity index (χ3v) is 4.06. The number of rotatable bonds is 10. The van der Waals surface area contributed by atoms with Crippen LogP contribution in [0.1, 0.15) is 41.8 Å². The maximum absolute atomic E-state index is 12.0. The molecule has 2 rings (SSSR count). The van der Waals surface area contributed by atoms with E-state index in [0.717, 1.165) is 24.3 Å². The monoisotopic (exact) mass is 397 g/mol. The number of nitrogens with zero attached hydrogens (tertiary/aromatic N) is 2. The van der Waals surface area contributed by atoms with Gasteiger partial charge in [-0.25, -0.2) is 4.99 Å². The van der Waals surface area contributed by atoms with E-state index in [9.17, 15) is 4.79 Å². The van der Waals surface area contributed by atoms with Crippen LogP contribution in [0, 0.1) is 6.92 Å². The Morgan fingerprint density at radius 3 is 2.69 bits per heavy atom. The van der Waals surface area contributed by atoms with Crippen LogP contribution in [0.25, 0.3) is 0 Å². The van der Waals surface area contributed by atoms with Crippen molar-refractivity contribution < 1.29 is 9.53 Å². The second-order valence-electron chi connectivity index (χ2n) is 6.58. The zero-order valence-electron chi connectivity index (χ0n) is 17.5. The van der Waals surface area contributed by atoms with Crippen molar-refractivity contribution in [1.29, 1.82) is 0 Å². The average Bonchev–Trinajstić information content (AvgIpc) is 2.74. The SMILES string of the molecule is CCCOc1cc(C)ccc1CN=C(NCC)NCCNC(=O)c1cccnc1. The summed E-state index contributed by atoms with van der Waals surface area (Å²) in [6.45, 7) is 9.15. The molecular formula is C22H31N5O2. The highest BCUT2D eigenvalue weighted by Gasteiger charge is 2.06. The summed E-state index contributed by atoms with van der Waals surface area (Å²) in [7, 11) is 0. The lowest BCUT2D eigenvalue weighted by atomic mass is 10.1. The third kappa shape index (κ3) is 7.81. The molecule has 0 spiro atoms. The maximum Gasteiger partial charge on any atom is 0.252 e. The van der Waals surface area contributed by atoms with Gasteiger partial charge in [-0.05, 0) is 44.0 Å². The molecule has 0 aliphatic heterocycles. The minimum absolute atomic E-state index is 0.140. The number of pyridine rings is 1. The number of aromatic nitrogens is 1. The van der Waals surface area contributed by atoms with Crippen molar-refractivity contribution in [2.45, 2.75) is 33.7 Å². The number of amides is 1. The molecule has 1 aromatic heterocycles. The van der Waals surface area contributed by atoms with Gasteiger partial charge in [-0.15, -0.1) is 0 Å². The van der Waals surface area contributed by atoms with E-state index < -0.39 is 0 Å². The lowest BCUT2D eigenvalue weighted by molar-refractivity contribution is 0.0954. The zero-order valence-corrected chi connectivity index (χ0v) is 17.5. The number of guanidine groups is 1. The van der Waals surface area contributed by atoms with Crippen molar-refractivity contribution in [3.63, 3.8) is 0 Å². The van der Waals surface area contributed by atoms with E-state index in [0.29, 0.717) is 37.8 Å². The Labute approximate surface area is 173 Å². The molecule has 29 heavy (non-hydrogen) atoms. The molecule has 0 bridgehead atoms. The number of ether oxygens (including phenoxy) is 1. The van der Waals surface area contributed by atoms with Crippen LogP contribution in [0.15, 0.2) is 47.7 Å². The van der Waals surface area contributed by atoms with Gasteiger partial charge in [-0.1, -0.05) is 19.1 Å². The summed E-state index contributed by atoms with van der Waals surface area (Å²) < 4.78 is 5.86. The predicted molar refractivity (Wildman–Crippen MR) is 116 cm³/mol. The summed E-state index contributed by atoms with van der Waals surface area (Å²) >= 11 is 0. The molecule has 0 aliphatic carbocycles. The van der Waals surface area contributed by atoms with Gasteiger partial charge in [0.2, 0.25) is 0 Å². The van der Waals surface area contributed by atoms with E-state index >= 15 is 0 Å². The van der Waals surface area contributed by atoms with Crippen LogP contribution in [0.2, 0.25) is 0 Å². The second-order valence-corrected chi connectivity index (χ2v) is 6.58. The number of carbonyl (C=O) groups is 1. The molecule has 7 heteroatoms. The van der Waals surface area contributed by atoms with Crippen molar-refractivity contribution in [2.75, 3.05) is 26.2 Å². The Kier molecular flexibility index (Phi) is 9.48. The van der Waals surface area contributed by atoms with Crippen molar-refractivity contribution >= 4 is 11.9 Å². The standard InChI is InChI=1S/C22H31N5O2/c1-4-13-29-20-14-17(3)8-9-18(20)16-27-22(24-5-2)26-12-11-25-21(28)19-7-6-10-23-15-19/h6-10,14-15H,4-5,11-13,16H2,1-3H3,(H,25,28)(H2,24,26,27). The molecule has 0 aliphatic rings. The molecule has 7 nitrogen and oxygen atoms in total. The van der Waals surface area contributed by atoms with E-state index in [4.69, 9.17) is 4.74 Å². The van der Waals surface area contributed by atoms with Crippen LogP contribution in [-0.2, 0) is 6.54 Å². The van der Waals surface area contributed by atoms with Crippen LogP contribution >= 0.6 is 0 Å². The number of benzene rings is 1. The Morgan fingerprint density at radius 2 is 1.97 bits per heavy atom. The third-order valence-electron chi connectivity index (χ3n) is 4.06. The number of aliphatic imine (C=N–C) groups is 1. The molecule has 1 aromatic carbocycles. The van der Waals surface area contributed by atoms with E-state index in [1.54, 1.807) is 24.5 Å². The van der Waals surface area contributed by atoms with Crippen LogP contribution in [0.5, 0.6) is 5.75 Å². The first-order valence-corrected chi connectivity index (χ1v) is 10.1. The van der Waals surface area contributed by atoms with Crippen LogP contribution in [0.4, 0.5) is 0 Å². The van der Waals surface area contributed by atoms with Crippen molar-refractivity contribution in [3.8, 4) is 5.75 Å². The van der Waals surface area contributed by atoms with Gasteiger partial charge in [-0.3, -0.25) is 9.78 Å². The molecule has 0 saturated heterocycles. The lowest BCUT2D eigenvalue weighted by Gasteiger charge is -2.14. The summed E-state index contributed by atoms with van der Waals surface area (Å²) in [5.41, 5.74) is 2.76. The summed E-state index contributed by atoms with van der Waals surface area (Å²) in [6, 6.07) is 9.65. The van der Waals surface area contributed by atoms with Gasteiger partial charge in [0.05, 0.1) is 18.7 Å². The minimum atomic E-state index is -0.140. The Balaban J connectivity index is 1.88. The van der Waals surface area contributed by atoms with Crippen molar-refractivity contribution in [2.24, 2.45) is 4.99 Å². The molecule has 0 unspecified atom stereocenters. The number of hydrogen-bond donors (Lipinski definition) is 3. The highest BCUT2D eigenvalue weighted by molar-refractivity contribution is 5.93. The Hall–Kier alpha value is -3.09. The highest BCUT2D eigenvalue weighted by Crippen LogP contribution is 2.21. The molecule has 0 atom stereocenters.